The van der Waals surface area contributed by atoms with Crippen LogP contribution in [0.4, 0.5) is 5.69 Å². The normalized spacial score (nSPS) is 10.7. The number of benzene rings is 1. The zero-order chi connectivity index (χ0) is 15.1. The van der Waals surface area contributed by atoms with Gasteiger partial charge in [-0.15, -0.1) is 0 Å². The van der Waals surface area contributed by atoms with Gasteiger partial charge in [0.15, 0.2) is 0 Å². The third-order valence-electron chi connectivity index (χ3n) is 2.62. The monoisotopic (exact) mass is 285 g/mol. The summed E-state index contributed by atoms with van der Waals surface area (Å²) < 4.78 is 4.81. The Kier molecular flexibility index (Phi) is 4.98. The second-order valence-corrected chi connectivity index (χ2v) is 4.37. The summed E-state index contributed by atoms with van der Waals surface area (Å²) in [5, 5.41) is 4.97. The molecule has 1 N–H and O–H groups in total. The number of nitrogens with zero attached hydrogens (tertiary/aromatic N) is 2. The van der Waals surface area contributed by atoms with Crippen molar-refractivity contribution in [2.24, 2.45) is 5.10 Å². The topological polar surface area (TPSA) is 80.7 Å². The molecule has 108 valence electrons. The van der Waals surface area contributed by atoms with Crippen molar-refractivity contribution in [2.75, 3.05) is 12.0 Å². The van der Waals surface area contributed by atoms with Gasteiger partial charge >= 0.3 is 5.97 Å². The predicted octanol–water partition coefficient (Wildman–Crippen LogP) is 2.15. The summed E-state index contributed by atoms with van der Waals surface area (Å²) in [4.78, 5) is 26.1. The van der Waals surface area contributed by atoms with Crippen LogP contribution in [0.1, 0.15) is 13.3 Å². The number of ether oxygens (including phenoxy) is 1. The molecule has 0 amide bonds. The lowest BCUT2D eigenvalue weighted by Gasteiger charge is -2.04. The molecule has 0 spiro atoms. The smallest absolute Gasteiger partial charge is 0.313 e. The van der Waals surface area contributed by atoms with Gasteiger partial charge in [0, 0.05) is 11.6 Å². The first-order valence-electron chi connectivity index (χ1n) is 6.43. The van der Waals surface area contributed by atoms with Crippen molar-refractivity contribution in [1.82, 2.24) is 4.98 Å². The molecule has 1 aromatic carbocycles. The number of hydrogen-bond acceptors (Lipinski definition) is 6. The number of esters is 1. The van der Waals surface area contributed by atoms with Crippen LogP contribution in [-0.2, 0) is 14.3 Å². The zero-order valence-electron chi connectivity index (χ0n) is 11.6. The first-order chi connectivity index (χ1) is 10.2. The number of hydrogen-bond donors (Lipinski definition) is 1. The van der Waals surface area contributed by atoms with E-state index in [0.29, 0.717) is 0 Å². The molecule has 1 heterocycles. The van der Waals surface area contributed by atoms with Crippen LogP contribution in [0.5, 0.6) is 0 Å². The molecule has 21 heavy (non-hydrogen) atoms. The highest BCUT2D eigenvalue weighted by atomic mass is 16.5. The summed E-state index contributed by atoms with van der Waals surface area (Å²) >= 11 is 0. The fourth-order valence-electron chi connectivity index (χ4n) is 1.73. The lowest BCUT2D eigenvalue weighted by molar-refractivity contribution is -0.144. The van der Waals surface area contributed by atoms with E-state index in [1.807, 2.05) is 30.3 Å². The molecule has 1 aromatic heterocycles. The number of ketones is 1. The van der Waals surface area contributed by atoms with Gasteiger partial charge in [0.1, 0.15) is 18.8 Å². The maximum atomic E-state index is 11.1. The fraction of sp³-hybridized carbons (Fsp3) is 0.200. The molecular weight excluding hydrogens is 270 g/mol. The first-order valence-corrected chi connectivity index (χ1v) is 6.43. The number of rotatable bonds is 6. The van der Waals surface area contributed by atoms with E-state index in [9.17, 15) is 9.59 Å². The van der Waals surface area contributed by atoms with Crippen molar-refractivity contribution in [3.63, 3.8) is 0 Å². The van der Waals surface area contributed by atoms with Crippen LogP contribution in [0.15, 0.2) is 41.6 Å². The van der Waals surface area contributed by atoms with Crippen LogP contribution >= 0.6 is 0 Å². The van der Waals surface area contributed by atoms with Crippen LogP contribution in [0, 0.1) is 0 Å². The first kappa shape index (κ1) is 14.6. The highest BCUT2D eigenvalue weighted by molar-refractivity contribution is 5.94. The van der Waals surface area contributed by atoms with Crippen molar-refractivity contribution < 1.29 is 14.3 Å². The average molecular weight is 285 g/mol. The molecule has 0 atom stereocenters. The Balaban J connectivity index is 1.89. The highest BCUT2D eigenvalue weighted by Gasteiger charge is 2.04. The number of anilines is 1. The molecule has 0 fully saturated rings. The van der Waals surface area contributed by atoms with Crippen LogP contribution in [0.2, 0.25) is 0 Å². The lowest BCUT2D eigenvalue weighted by atomic mass is 10.2. The van der Waals surface area contributed by atoms with Gasteiger partial charge in [-0.05, 0) is 19.1 Å². The number of Topliss-reactive ketones (excluding diaryl/α,β-unsaturated/α-hetero) is 1. The number of carbonyl (C=O) groups excluding carboxylic acids is 2. The van der Waals surface area contributed by atoms with Gasteiger partial charge < -0.3 is 4.74 Å². The van der Waals surface area contributed by atoms with Gasteiger partial charge in [-0.25, -0.2) is 0 Å². The van der Waals surface area contributed by atoms with Gasteiger partial charge in [-0.1, -0.05) is 18.2 Å². The number of carbonyl (C=O) groups is 2. The van der Waals surface area contributed by atoms with E-state index in [1.54, 1.807) is 6.20 Å². The number of para-hydroxylation sites is 1. The van der Waals surface area contributed by atoms with E-state index in [-0.39, 0.29) is 18.8 Å². The van der Waals surface area contributed by atoms with Crippen LogP contribution in [0.25, 0.3) is 10.9 Å². The SMILES string of the molecule is CC(=O)CC(=O)OCC=NNc1cccc2cccnc12. The Labute approximate surface area is 121 Å². The largest absolute Gasteiger partial charge is 0.459 e. The Morgan fingerprint density at radius 1 is 1.33 bits per heavy atom. The molecule has 0 bridgehead atoms. The summed E-state index contributed by atoms with van der Waals surface area (Å²) in [6, 6.07) is 9.54. The molecule has 0 aliphatic carbocycles. The Morgan fingerprint density at radius 2 is 2.14 bits per heavy atom. The van der Waals surface area contributed by atoms with E-state index in [2.05, 4.69) is 15.5 Å². The molecule has 2 aromatic rings. The van der Waals surface area contributed by atoms with Gasteiger partial charge in [0.2, 0.25) is 0 Å². The maximum Gasteiger partial charge on any atom is 0.313 e. The van der Waals surface area contributed by atoms with E-state index in [4.69, 9.17) is 4.74 Å². The number of pyridine rings is 1. The summed E-state index contributed by atoms with van der Waals surface area (Å²) in [5.41, 5.74) is 4.43. The second-order valence-electron chi connectivity index (χ2n) is 4.37. The molecule has 6 heteroatoms. The minimum atomic E-state index is -0.555. The fourth-order valence-corrected chi connectivity index (χ4v) is 1.73. The van der Waals surface area contributed by atoms with Crippen molar-refractivity contribution in [3.05, 3.63) is 36.5 Å². The van der Waals surface area contributed by atoms with Crippen molar-refractivity contribution in [3.8, 4) is 0 Å². The third kappa shape index (κ3) is 4.38. The highest BCUT2D eigenvalue weighted by Crippen LogP contribution is 2.20. The van der Waals surface area contributed by atoms with Gasteiger partial charge in [-0.3, -0.25) is 20.0 Å². The summed E-state index contributed by atoms with van der Waals surface area (Å²) in [5.74, 6) is -0.780. The molecule has 0 saturated carbocycles. The quantitative estimate of drug-likeness (QED) is 0.381. The van der Waals surface area contributed by atoms with E-state index >= 15 is 0 Å². The van der Waals surface area contributed by atoms with Gasteiger partial charge in [0.05, 0.1) is 17.4 Å². The predicted molar refractivity (Wildman–Crippen MR) is 80.1 cm³/mol. The van der Waals surface area contributed by atoms with E-state index in [0.717, 1.165) is 16.6 Å². The molecule has 0 saturated heterocycles. The van der Waals surface area contributed by atoms with E-state index in [1.165, 1.54) is 13.1 Å². The summed E-state index contributed by atoms with van der Waals surface area (Å²) in [6.07, 6.45) is 2.91. The minimum Gasteiger partial charge on any atom is -0.459 e. The van der Waals surface area contributed by atoms with Crippen LogP contribution < -0.4 is 5.43 Å². The zero-order valence-corrected chi connectivity index (χ0v) is 11.6. The molecule has 2 rings (SSSR count). The molecule has 0 unspecified atom stereocenters. The van der Waals surface area contributed by atoms with E-state index < -0.39 is 5.97 Å². The Bertz CT molecular complexity index is 677. The van der Waals surface area contributed by atoms with Crippen molar-refractivity contribution in [1.29, 1.82) is 0 Å². The average Bonchev–Trinajstić information content (AvgIpc) is 2.46. The lowest BCUT2D eigenvalue weighted by Crippen LogP contribution is -2.10. The summed E-state index contributed by atoms with van der Waals surface area (Å²) in [6.45, 7) is 1.35. The Hall–Kier alpha value is -2.76. The summed E-state index contributed by atoms with van der Waals surface area (Å²) in [7, 11) is 0. The Morgan fingerprint density at radius 3 is 2.95 bits per heavy atom. The number of fused-ring (bicyclic) bond motifs is 1. The van der Waals surface area contributed by atoms with Crippen molar-refractivity contribution >= 4 is 34.6 Å². The molecule has 0 radical (unpaired) electrons. The molecule has 0 aliphatic heterocycles. The number of aromatic nitrogens is 1. The molecule has 0 aliphatic rings. The van der Waals surface area contributed by atoms with Gasteiger partial charge in [0.25, 0.3) is 0 Å². The van der Waals surface area contributed by atoms with Crippen molar-refractivity contribution in [2.45, 2.75) is 13.3 Å². The molecule has 6 nitrogen and oxygen atoms in total. The number of nitrogens with one attached hydrogen (secondary N) is 1. The second kappa shape index (κ2) is 7.14. The third-order valence-corrected chi connectivity index (χ3v) is 2.62. The maximum absolute atomic E-state index is 11.1. The molecular formula is C15H15N3O3. The van der Waals surface area contributed by atoms with Gasteiger partial charge in [-0.2, -0.15) is 5.10 Å². The van der Waals surface area contributed by atoms with Crippen LogP contribution in [0.3, 0.4) is 0 Å². The minimum absolute atomic E-state index is 0.0112. The standard InChI is InChI=1S/C15H15N3O3/c1-11(19)10-14(20)21-9-8-17-18-13-6-2-4-12-5-3-7-16-15(12)13/h2-8,18H,9-10H2,1H3. The number of hydrazone groups is 1. The van der Waals surface area contributed by atoms with Crippen LogP contribution in [-0.4, -0.2) is 29.6 Å².